The standard InChI is InChI=1S/C18H14F2N2O2/c19-16-2-1-3-17(20)15(16)8-9-22-18(24)13(11-21)10-12-4-6-14(23)7-5-12/h1-7,10,23H,8-9H2,(H,22,24)/b13-10+. The number of phenolic OH excluding ortho intramolecular Hbond substituents is 1. The van der Waals surface area contributed by atoms with E-state index in [0.29, 0.717) is 5.56 Å². The molecule has 4 nitrogen and oxygen atoms in total. The summed E-state index contributed by atoms with van der Waals surface area (Å²) in [6.45, 7) is -0.00865. The minimum Gasteiger partial charge on any atom is -0.508 e. The molecule has 0 heterocycles. The number of halogens is 2. The summed E-state index contributed by atoms with van der Waals surface area (Å²) in [7, 11) is 0. The fourth-order valence-corrected chi connectivity index (χ4v) is 2.05. The molecule has 0 aliphatic carbocycles. The molecule has 122 valence electrons. The number of aromatic hydroxyl groups is 1. The lowest BCUT2D eigenvalue weighted by atomic mass is 10.1. The summed E-state index contributed by atoms with van der Waals surface area (Å²) in [5.41, 5.74) is 0.313. The summed E-state index contributed by atoms with van der Waals surface area (Å²) >= 11 is 0. The van der Waals surface area contributed by atoms with Gasteiger partial charge in [0.2, 0.25) is 0 Å². The van der Waals surface area contributed by atoms with E-state index >= 15 is 0 Å². The van der Waals surface area contributed by atoms with Crippen LogP contribution in [0.1, 0.15) is 11.1 Å². The van der Waals surface area contributed by atoms with Crippen molar-refractivity contribution < 1.29 is 18.7 Å². The predicted octanol–water partition coefficient (Wildman–Crippen LogP) is 2.94. The number of amides is 1. The van der Waals surface area contributed by atoms with Gasteiger partial charge in [0, 0.05) is 12.1 Å². The topological polar surface area (TPSA) is 73.1 Å². The first-order chi connectivity index (χ1) is 11.5. The summed E-state index contributed by atoms with van der Waals surface area (Å²) in [4.78, 5) is 12.0. The predicted molar refractivity (Wildman–Crippen MR) is 84.8 cm³/mol. The van der Waals surface area contributed by atoms with Crippen molar-refractivity contribution in [3.63, 3.8) is 0 Å². The van der Waals surface area contributed by atoms with Crippen LogP contribution in [0.15, 0.2) is 48.0 Å². The lowest BCUT2D eigenvalue weighted by molar-refractivity contribution is -0.117. The second kappa shape index (κ2) is 7.88. The fourth-order valence-electron chi connectivity index (χ4n) is 2.05. The van der Waals surface area contributed by atoms with Gasteiger partial charge in [0.25, 0.3) is 5.91 Å². The molecular formula is C18H14F2N2O2. The number of carbonyl (C=O) groups excluding carboxylic acids is 1. The number of nitriles is 1. The minimum atomic E-state index is -0.676. The van der Waals surface area contributed by atoms with Gasteiger partial charge in [0.15, 0.2) is 0 Å². The highest BCUT2D eigenvalue weighted by atomic mass is 19.1. The van der Waals surface area contributed by atoms with E-state index in [-0.39, 0.29) is 29.9 Å². The van der Waals surface area contributed by atoms with Crippen molar-refractivity contribution in [1.29, 1.82) is 5.26 Å². The van der Waals surface area contributed by atoms with Gasteiger partial charge in [-0.25, -0.2) is 8.78 Å². The summed E-state index contributed by atoms with van der Waals surface area (Å²) in [5, 5.41) is 20.7. The quantitative estimate of drug-likeness (QED) is 0.655. The number of carbonyl (C=O) groups is 1. The van der Waals surface area contributed by atoms with Crippen LogP contribution in [0.5, 0.6) is 5.75 Å². The van der Waals surface area contributed by atoms with Crippen LogP contribution in [0.3, 0.4) is 0 Å². The maximum atomic E-state index is 13.5. The highest BCUT2D eigenvalue weighted by molar-refractivity contribution is 6.01. The van der Waals surface area contributed by atoms with Crippen molar-refractivity contribution in [2.75, 3.05) is 6.54 Å². The summed E-state index contributed by atoms with van der Waals surface area (Å²) in [6, 6.07) is 11.3. The number of benzene rings is 2. The maximum Gasteiger partial charge on any atom is 0.261 e. The number of hydrogen-bond donors (Lipinski definition) is 2. The van der Waals surface area contributed by atoms with Gasteiger partial charge in [0.1, 0.15) is 29.0 Å². The zero-order valence-electron chi connectivity index (χ0n) is 12.6. The monoisotopic (exact) mass is 328 g/mol. The molecule has 0 bridgehead atoms. The molecule has 1 amide bonds. The number of phenols is 1. The molecule has 0 saturated carbocycles. The second-order valence-corrected chi connectivity index (χ2v) is 4.97. The summed E-state index contributed by atoms with van der Waals surface area (Å²) in [6.07, 6.45) is 1.33. The maximum absolute atomic E-state index is 13.5. The first-order valence-corrected chi connectivity index (χ1v) is 7.13. The Morgan fingerprint density at radius 2 is 1.79 bits per heavy atom. The molecule has 0 radical (unpaired) electrons. The molecule has 24 heavy (non-hydrogen) atoms. The van der Waals surface area contributed by atoms with Crippen LogP contribution in [0.2, 0.25) is 0 Å². The third-order valence-electron chi connectivity index (χ3n) is 3.29. The van der Waals surface area contributed by atoms with Gasteiger partial charge < -0.3 is 10.4 Å². The average molecular weight is 328 g/mol. The first kappa shape index (κ1) is 17.2. The summed E-state index contributed by atoms with van der Waals surface area (Å²) in [5.74, 6) is -1.92. The highest BCUT2D eigenvalue weighted by Crippen LogP contribution is 2.14. The number of rotatable bonds is 5. The Morgan fingerprint density at radius 1 is 1.17 bits per heavy atom. The Labute approximate surface area is 137 Å². The van der Waals surface area contributed by atoms with E-state index in [4.69, 9.17) is 5.26 Å². The van der Waals surface area contributed by atoms with E-state index in [1.54, 1.807) is 18.2 Å². The zero-order valence-corrected chi connectivity index (χ0v) is 12.6. The molecule has 2 rings (SSSR count). The Balaban J connectivity index is 2.00. The van der Waals surface area contributed by atoms with Gasteiger partial charge in [0.05, 0.1) is 0 Å². The van der Waals surface area contributed by atoms with Gasteiger partial charge in [-0.2, -0.15) is 5.26 Å². The molecule has 0 fully saturated rings. The molecule has 0 saturated heterocycles. The Kier molecular flexibility index (Phi) is 5.63. The number of hydrogen-bond acceptors (Lipinski definition) is 3. The summed E-state index contributed by atoms with van der Waals surface area (Å²) < 4.78 is 27.0. The van der Waals surface area contributed by atoms with E-state index in [9.17, 15) is 18.7 Å². The van der Waals surface area contributed by atoms with E-state index in [1.807, 2.05) is 0 Å². The van der Waals surface area contributed by atoms with Crippen LogP contribution in [0.25, 0.3) is 6.08 Å². The van der Waals surface area contributed by atoms with Crippen LogP contribution in [-0.2, 0) is 11.2 Å². The SMILES string of the molecule is N#C/C(=C\c1ccc(O)cc1)C(=O)NCCc1c(F)cccc1F. The van der Waals surface area contributed by atoms with E-state index in [0.717, 1.165) is 12.1 Å². The third-order valence-corrected chi connectivity index (χ3v) is 3.29. The molecule has 0 unspecified atom stereocenters. The second-order valence-electron chi connectivity index (χ2n) is 4.97. The van der Waals surface area contributed by atoms with Crippen molar-refractivity contribution in [3.8, 4) is 11.8 Å². The molecule has 0 aliphatic heterocycles. The van der Waals surface area contributed by atoms with Crippen molar-refractivity contribution in [2.45, 2.75) is 6.42 Å². The van der Waals surface area contributed by atoms with Crippen LogP contribution in [0, 0.1) is 23.0 Å². The van der Waals surface area contributed by atoms with E-state index in [2.05, 4.69) is 5.32 Å². The largest absolute Gasteiger partial charge is 0.508 e. The van der Waals surface area contributed by atoms with Crippen molar-refractivity contribution in [2.24, 2.45) is 0 Å². The van der Waals surface area contributed by atoms with Gasteiger partial charge >= 0.3 is 0 Å². The Hall–Kier alpha value is -3.20. The van der Waals surface area contributed by atoms with Gasteiger partial charge in [-0.1, -0.05) is 18.2 Å². The first-order valence-electron chi connectivity index (χ1n) is 7.13. The molecule has 0 atom stereocenters. The van der Waals surface area contributed by atoms with Crippen molar-refractivity contribution >= 4 is 12.0 Å². The molecule has 6 heteroatoms. The Bertz CT molecular complexity index is 789. The molecule has 0 aliphatic rings. The van der Waals surface area contributed by atoms with Crippen LogP contribution in [-0.4, -0.2) is 17.6 Å². The molecular weight excluding hydrogens is 314 g/mol. The molecule has 2 aromatic carbocycles. The molecule has 2 N–H and O–H groups in total. The number of nitrogens with zero attached hydrogens (tertiary/aromatic N) is 1. The number of nitrogens with one attached hydrogen (secondary N) is 1. The van der Waals surface area contributed by atoms with Crippen LogP contribution < -0.4 is 5.32 Å². The zero-order chi connectivity index (χ0) is 17.5. The Morgan fingerprint density at radius 3 is 2.38 bits per heavy atom. The van der Waals surface area contributed by atoms with Gasteiger partial charge in [-0.05, 0) is 42.3 Å². The van der Waals surface area contributed by atoms with E-state index in [1.165, 1.54) is 24.3 Å². The molecule has 2 aromatic rings. The minimum absolute atomic E-state index is 0.00865. The lowest BCUT2D eigenvalue weighted by Crippen LogP contribution is -2.27. The lowest BCUT2D eigenvalue weighted by Gasteiger charge is -2.06. The van der Waals surface area contributed by atoms with Gasteiger partial charge in [-0.3, -0.25) is 4.79 Å². The van der Waals surface area contributed by atoms with Gasteiger partial charge in [-0.15, -0.1) is 0 Å². The highest BCUT2D eigenvalue weighted by Gasteiger charge is 2.11. The van der Waals surface area contributed by atoms with Crippen LogP contribution in [0.4, 0.5) is 8.78 Å². The van der Waals surface area contributed by atoms with Crippen molar-refractivity contribution in [3.05, 3.63) is 70.8 Å². The molecule has 0 spiro atoms. The molecule has 0 aromatic heterocycles. The van der Waals surface area contributed by atoms with E-state index < -0.39 is 17.5 Å². The van der Waals surface area contributed by atoms with Crippen molar-refractivity contribution in [1.82, 2.24) is 5.32 Å². The average Bonchev–Trinajstić information content (AvgIpc) is 2.57. The fraction of sp³-hybridized carbons (Fsp3) is 0.111. The normalized spacial score (nSPS) is 11.0. The smallest absolute Gasteiger partial charge is 0.261 e. The third kappa shape index (κ3) is 4.40. The van der Waals surface area contributed by atoms with Crippen LogP contribution >= 0.6 is 0 Å².